The second kappa shape index (κ2) is 5.85. The first-order valence-corrected chi connectivity index (χ1v) is 6.68. The Morgan fingerprint density at radius 1 is 1.44 bits per heavy atom. The van der Waals surface area contributed by atoms with Crippen LogP contribution in [0.2, 0.25) is 0 Å². The summed E-state index contributed by atoms with van der Waals surface area (Å²) in [7, 11) is 2.07. The van der Waals surface area contributed by atoms with Crippen LogP contribution in [-0.4, -0.2) is 24.4 Å². The number of hydrogen-bond donors (Lipinski definition) is 2. The third-order valence-electron chi connectivity index (χ3n) is 3.76. The summed E-state index contributed by atoms with van der Waals surface area (Å²) in [4.78, 5) is 6.34. The van der Waals surface area contributed by atoms with Crippen molar-refractivity contribution in [1.29, 1.82) is 5.41 Å². The van der Waals surface area contributed by atoms with Crippen molar-refractivity contribution in [3.05, 3.63) is 24.0 Å². The summed E-state index contributed by atoms with van der Waals surface area (Å²) in [6.45, 7) is 1.03. The van der Waals surface area contributed by atoms with Gasteiger partial charge in [-0.3, -0.25) is 10.4 Å². The molecule has 1 aliphatic carbocycles. The average molecular weight is 246 g/mol. The molecule has 0 radical (unpaired) electrons. The quantitative estimate of drug-likeness (QED) is 0.633. The molecule has 0 aromatic carbocycles. The molecule has 0 spiro atoms. The molecule has 0 atom stereocenters. The van der Waals surface area contributed by atoms with Gasteiger partial charge >= 0.3 is 0 Å². The summed E-state index contributed by atoms with van der Waals surface area (Å²) in [6, 6.07) is 1.81. The van der Waals surface area contributed by atoms with Gasteiger partial charge in [-0.05, 0) is 24.8 Å². The molecule has 98 valence electrons. The fourth-order valence-corrected chi connectivity index (χ4v) is 2.77. The van der Waals surface area contributed by atoms with Gasteiger partial charge in [0.05, 0.1) is 11.9 Å². The number of pyridine rings is 1. The van der Waals surface area contributed by atoms with E-state index in [-0.39, 0.29) is 5.84 Å². The highest BCUT2D eigenvalue weighted by molar-refractivity contribution is 6.00. The molecule has 0 bridgehead atoms. The summed E-state index contributed by atoms with van der Waals surface area (Å²) in [5.41, 5.74) is 7.36. The van der Waals surface area contributed by atoms with Crippen molar-refractivity contribution in [3.63, 3.8) is 0 Å². The summed E-state index contributed by atoms with van der Waals surface area (Å²) >= 11 is 0. The fourth-order valence-electron chi connectivity index (χ4n) is 2.77. The van der Waals surface area contributed by atoms with Crippen LogP contribution < -0.4 is 10.6 Å². The first-order valence-electron chi connectivity index (χ1n) is 6.68. The fraction of sp³-hybridized carbons (Fsp3) is 0.571. The van der Waals surface area contributed by atoms with Crippen LogP contribution in [-0.2, 0) is 0 Å². The zero-order chi connectivity index (χ0) is 13.0. The second-order valence-corrected chi connectivity index (χ2v) is 5.19. The molecule has 1 aromatic rings. The van der Waals surface area contributed by atoms with Gasteiger partial charge in [-0.25, -0.2) is 0 Å². The molecule has 1 saturated carbocycles. The number of hydrogen-bond acceptors (Lipinski definition) is 3. The molecule has 1 heterocycles. The van der Waals surface area contributed by atoms with Gasteiger partial charge in [-0.2, -0.15) is 0 Å². The van der Waals surface area contributed by atoms with Crippen molar-refractivity contribution in [2.75, 3.05) is 18.5 Å². The lowest BCUT2D eigenvalue weighted by Gasteiger charge is -2.29. The molecule has 18 heavy (non-hydrogen) atoms. The maximum absolute atomic E-state index is 7.61. The molecule has 1 aliphatic rings. The van der Waals surface area contributed by atoms with Crippen molar-refractivity contribution < 1.29 is 0 Å². The molecular weight excluding hydrogens is 224 g/mol. The van der Waals surface area contributed by atoms with Crippen LogP contribution in [0.1, 0.15) is 37.7 Å². The minimum absolute atomic E-state index is 0.114. The molecular formula is C14H22N4. The number of nitrogen functional groups attached to an aromatic ring is 1. The van der Waals surface area contributed by atoms with Crippen molar-refractivity contribution in [2.45, 2.75) is 32.1 Å². The van der Waals surface area contributed by atoms with E-state index in [1.165, 1.54) is 32.1 Å². The van der Waals surface area contributed by atoms with E-state index in [2.05, 4.69) is 16.9 Å². The molecule has 0 saturated heterocycles. The lowest BCUT2D eigenvalue weighted by molar-refractivity contribution is 0.362. The van der Waals surface area contributed by atoms with Crippen molar-refractivity contribution in [3.8, 4) is 0 Å². The van der Waals surface area contributed by atoms with Gasteiger partial charge in [-0.1, -0.05) is 19.3 Å². The zero-order valence-electron chi connectivity index (χ0n) is 11.0. The van der Waals surface area contributed by atoms with Gasteiger partial charge in [0.1, 0.15) is 5.84 Å². The Labute approximate surface area is 109 Å². The van der Waals surface area contributed by atoms with Crippen molar-refractivity contribution in [1.82, 2.24) is 4.98 Å². The Balaban J connectivity index is 2.08. The molecule has 0 unspecified atom stereocenters. The summed E-state index contributed by atoms with van der Waals surface area (Å²) in [5, 5.41) is 7.61. The van der Waals surface area contributed by atoms with Crippen molar-refractivity contribution >= 4 is 11.5 Å². The minimum atomic E-state index is 0.114. The number of nitrogens with zero attached hydrogens (tertiary/aromatic N) is 2. The van der Waals surface area contributed by atoms with E-state index in [1.54, 1.807) is 12.4 Å². The first kappa shape index (κ1) is 12.9. The number of nitrogens with two attached hydrogens (primary N) is 1. The molecule has 0 aliphatic heterocycles. The number of aromatic nitrogens is 1. The highest BCUT2D eigenvalue weighted by Crippen LogP contribution is 2.26. The third-order valence-corrected chi connectivity index (χ3v) is 3.76. The third kappa shape index (κ3) is 3.00. The second-order valence-electron chi connectivity index (χ2n) is 5.19. The Morgan fingerprint density at radius 3 is 2.83 bits per heavy atom. The van der Waals surface area contributed by atoms with Crippen LogP contribution in [0.4, 0.5) is 5.69 Å². The number of nitrogens with one attached hydrogen (secondary N) is 1. The Kier molecular flexibility index (Phi) is 4.18. The Bertz CT molecular complexity index is 410. The van der Waals surface area contributed by atoms with Crippen LogP contribution in [0.5, 0.6) is 0 Å². The standard InChI is InChI=1S/C14H22N4/c1-18(10-11-5-3-2-4-6-11)13-9-17-8-7-12(13)14(15)16/h7-9,11H,2-6,10H2,1H3,(H3,15,16). The number of anilines is 1. The minimum Gasteiger partial charge on any atom is -0.384 e. The van der Waals surface area contributed by atoms with E-state index in [4.69, 9.17) is 11.1 Å². The van der Waals surface area contributed by atoms with Gasteiger partial charge in [0, 0.05) is 25.4 Å². The van der Waals surface area contributed by atoms with Crippen LogP contribution in [0.25, 0.3) is 0 Å². The summed E-state index contributed by atoms with van der Waals surface area (Å²) in [5.74, 6) is 0.881. The number of amidine groups is 1. The average Bonchev–Trinajstić information content (AvgIpc) is 2.40. The van der Waals surface area contributed by atoms with Gasteiger partial charge in [-0.15, -0.1) is 0 Å². The van der Waals surface area contributed by atoms with Gasteiger partial charge < -0.3 is 10.6 Å². The van der Waals surface area contributed by atoms with E-state index in [9.17, 15) is 0 Å². The molecule has 1 aromatic heterocycles. The Morgan fingerprint density at radius 2 is 2.17 bits per heavy atom. The largest absolute Gasteiger partial charge is 0.384 e. The van der Waals surface area contributed by atoms with Crippen LogP contribution >= 0.6 is 0 Å². The predicted molar refractivity (Wildman–Crippen MR) is 75.1 cm³/mol. The van der Waals surface area contributed by atoms with Gasteiger partial charge in [0.25, 0.3) is 0 Å². The highest BCUT2D eigenvalue weighted by atomic mass is 15.1. The molecule has 2 rings (SSSR count). The maximum Gasteiger partial charge on any atom is 0.125 e. The van der Waals surface area contributed by atoms with Crippen LogP contribution in [0.3, 0.4) is 0 Å². The molecule has 4 heteroatoms. The molecule has 1 fully saturated rings. The molecule has 3 N–H and O–H groups in total. The summed E-state index contributed by atoms with van der Waals surface area (Å²) in [6.07, 6.45) is 10.2. The monoisotopic (exact) mass is 246 g/mol. The van der Waals surface area contributed by atoms with E-state index in [1.807, 2.05) is 6.07 Å². The van der Waals surface area contributed by atoms with Gasteiger partial charge in [0.2, 0.25) is 0 Å². The summed E-state index contributed by atoms with van der Waals surface area (Å²) < 4.78 is 0. The zero-order valence-corrected chi connectivity index (χ0v) is 11.0. The lowest BCUT2D eigenvalue weighted by atomic mass is 9.89. The van der Waals surface area contributed by atoms with Crippen molar-refractivity contribution in [2.24, 2.45) is 11.7 Å². The van der Waals surface area contributed by atoms with E-state index in [0.29, 0.717) is 0 Å². The van der Waals surface area contributed by atoms with E-state index < -0.39 is 0 Å². The van der Waals surface area contributed by atoms with E-state index >= 15 is 0 Å². The highest BCUT2D eigenvalue weighted by Gasteiger charge is 2.17. The topological polar surface area (TPSA) is 66.0 Å². The van der Waals surface area contributed by atoms with E-state index in [0.717, 1.165) is 23.7 Å². The maximum atomic E-state index is 7.61. The smallest absolute Gasteiger partial charge is 0.125 e. The molecule has 0 amide bonds. The molecule has 4 nitrogen and oxygen atoms in total. The Hall–Kier alpha value is -1.58. The lowest BCUT2D eigenvalue weighted by Crippen LogP contribution is -2.29. The number of rotatable bonds is 4. The first-order chi connectivity index (χ1) is 8.68. The normalized spacial score (nSPS) is 16.5. The van der Waals surface area contributed by atoms with Crippen LogP contribution in [0.15, 0.2) is 18.5 Å². The van der Waals surface area contributed by atoms with Crippen LogP contribution in [0, 0.1) is 11.3 Å². The predicted octanol–water partition coefficient (Wildman–Crippen LogP) is 2.38. The SMILES string of the molecule is CN(CC1CCCCC1)c1cnccc1C(=N)N. The van der Waals surface area contributed by atoms with Gasteiger partial charge in [0.15, 0.2) is 0 Å².